The van der Waals surface area contributed by atoms with Crippen molar-refractivity contribution >= 4 is 11.9 Å². The average molecular weight is 259 g/mol. The van der Waals surface area contributed by atoms with E-state index in [1.165, 1.54) is 7.05 Å². The number of rotatable bonds is 4. The van der Waals surface area contributed by atoms with Gasteiger partial charge in [-0.1, -0.05) is 20.8 Å². The summed E-state index contributed by atoms with van der Waals surface area (Å²) in [6.07, 6.45) is 0.154. The molecule has 0 radical (unpaired) electrons. The predicted molar refractivity (Wildman–Crippen MR) is 69.3 cm³/mol. The van der Waals surface area contributed by atoms with E-state index in [1.54, 1.807) is 20.8 Å². The van der Waals surface area contributed by atoms with Crippen molar-refractivity contribution < 1.29 is 19.4 Å². The standard InChI is InChI=1S/C13H25NO4/c1-11(2,3)8-13(14-7,9(15)16)10(17)18-12(4,5)6/h14H,8H2,1-7H3,(H,15,16). The highest BCUT2D eigenvalue weighted by atomic mass is 16.6. The van der Waals surface area contributed by atoms with Gasteiger partial charge in [-0.3, -0.25) is 5.32 Å². The normalized spacial score (nSPS) is 15.9. The largest absolute Gasteiger partial charge is 0.479 e. The van der Waals surface area contributed by atoms with Gasteiger partial charge in [0.15, 0.2) is 0 Å². The second-order valence-corrected chi connectivity index (χ2v) is 6.70. The summed E-state index contributed by atoms with van der Waals surface area (Å²) >= 11 is 0. The summed E-state index contributed by atoms with van der Waals surface area (Å²) in [7, 11) is 1.46. The van der Waals surface area contributed by atoms with Gasteiger partial charge in [-0.15, -0.1) is 0 Å². The van der Waals surface area contributed by atoms with Crippen LogP contribution >= 0.6 is 0 Å². The summed E-state index contributed by atoms with van der Waals surface area (Å²) < 4.78 is 5.22. The number of ether oxygens (including phenoxy) is 1. The van der Waals surface area contributed by atoms with Gasteiger partial charge in [-0.25, -0.2) is 9.59 Å². The van der Waals surface area contributed by atoms with Crippen LogP contribution in [0.15, 0.2) is 0 Å². The van der Waals surface area contributed by atoms with Crippen LogP contribution in [0.4, 0.5) is 0 Å². The van der Waals surface area contributed by atoms with Gasteiger partial charge in [0.05, 0.1) is 0 Å². The van der Waals surface area contributed by atoms with Crippen LogP contribution in [-0.4, -0.2) is 35.2 Å². The van der Waals surface area contributed by atoms with Gasteiger partial charge in [-0.2, -0.15) is 0 Å². The van der Waals surface area contributed by atoms with Gasteiger partial charge in [-0.05, 0) is 39.7 Å². The number of aliphatic carboxylic acids is 1. The maximum Gasteiger partial charge on any atom is 0.338 e. The third kappa shape index (κ3) is 4.64. The smallest absolute Gasteiger partial charge is 0.338 e. The van der Waals surface area contributed by atoms with E-state index in [0.29, 0.717) is 0 Å². The maximum atomic E-state index is 12.2. The monoisotopic (exact) mass is 259 g/mol. The quantitative estimate of drug-likeness (QED) is 0.595. The Labute approximate surface area is 109 Å². The molecule has 0 aromatic heterocycles. The zero-order chi connectivity index (χ0) is 14.8. The zero-order valence-electron chi connectivity index (χ0n) is 12.4. The Morgan fingerprint density at radius 3 is 1.78 bits per heavy atom. The fourth-order valence-electron chi connectivity index (χ4n) is 1.69. The predicted octanol–water partition coefficient (Wildman–Crippen LogP) is 1.81. The Hall–Kier alpha value is -1.10. The Bertz CT molecular complexity index is 325. The van der Waals surface area contributed by atoms with Gasteiger partial charge in [0.25, 0.3) is 0 Å². The number of carbonyl (C=O) groups is 2. The van der Waals surface area contributed by atoms with E-state index >= 15 is 0 Å². The lowest BCUT2D eigenvalue weighted by atomic mass is 9.79. The molecule has 0 aliphatic carbocycles. The van der Waals surface area contributed by atoms with Gasteiger partial charge in [0, 0.05) is 0 Å². The van der Waals surface area contributed by atoms with E-state index in [-0.39, 0.29) is 11.8 Å². The van der Waals surface area contributed by atoms with Crippen LogP contribution in [0.5, 0.6) is 0 Å². The molecule has 0 bridgehead atoms. The van der Waals surface area contributed by atoms with Crippen LogP contribution in [0.25, 0.3) is 0 Å². The Morgan fingerprint density at radius 1 is 1.11 bits per heavy atom. The number of hydrogen-bond acceptors (Lipinski definition) is 4. The summed E-state index contributed by atoms with van der Waals surface area (Å²) in [5.74, 6) is -1.96. The van der Waals surface area contributed by atoms with Crippen molar-refractivity contribution in [2.24, 2.45) is 5.41 Å². The maximum absolute atomic E-state index is 12.2. The van der Waals surface area contributed by atoms with Crippen molar-refractivity contribution in [3.63, 3.8) is 0 Å². The minimum absolute atomic E-state index is 0.154. The first-order valence-corrected chi connectivity index (χ1v) is 6.00. The SMILES string of the molecule is CNC(CC(C)(C)C)(C(=O)O)C(=O)OC(C)(C)C. The van der Waals surface area contributed by atoms with Crippen LogP contribution in [0, 0.1) is 5.41 Å². The molecule has 0 fully saturated rings. The van der Waals surface area contributed by atoms with Crippen molar-refractivity contribution in [1.29, 1.82) is 0 Å². The minimum Gasteiger partial charge on any atom is -0.479 e. The van der Waals surface area contributed by atoms with Crippen molar-refractivity contribution in [2.75, 3.05) is 7.05 Å². The molecule has 0 saturated carbocycles. The van der Waals surface area contributed by atoms with E-state index in [9.17, 15) is 14.7 Å². The van der Waals surface area contributed by atoms with Crippen LogP contribution in [0.3, 0.4) is 0 Å². The molecule has 0 spiro atoms. The number of esters is 1. The van der Waals surface area contributed by atoms with Crippen LogP contribution in [0.2, 0.25) is 0 Å². The average Bonchev–Trinajstić information content (AvgIpc) is 2.08. The van der Waals surface area contributed by atoms with Crippen molar-refractivity contribution in [2.45, 2.75) is 59.1 Å². The molecule has 0 rings (SSSR count). The summed E-state index contributed by atoms with van der Waals surface area (Å²) in [6, 6.07) is 0. The van der Waals surface area contributed by atoms with Crippen molar-refractivity contribution in [3.05, 3.63) is 0 Å². The topological polar surface area (TPSA) is 75.6 Å². The third-order valence-corrected chi connectivity index (χ3v) is 2.33. The van der Waals surface area contributed by atoms with E-state index in [1.807, 2.05) is 20.8 Å². The van der Waals surface area contributed by atoms with E-state index in [0.717, 1.165) is 0 Å². The molecule has 18 heavy (non-hydrogen) atoms. The van der Waals surface area contributed by atoms with E-state index < -0.39 is 23.1 Å². The highest BCUT2D eigenvalue weighted by Crippen LogP contribution is 2.29. The molecule has 1 unspecified atom stereocenters. The highest BCUT2D eigenvalue weighted by Gasteiger charge is 2.50. The number of carboxylic acids is 1. The molecule has 5 heteroatoms. The number of carbonyl (C=O) groups excluding carboxylic acids is 1. The number of nitrogens with one attached hydrogen (secondary N) is 1. The molecule has 106 valence electrons. The van der Waals surface area contributed by atoms with Crippen molar-refractivity contribution in [1.82, 2.24) is 5.32 Å². The molecule has 5 nitrogen and oxygen atoms in total. The summed E-state index contributed by atoms with van der Waals surface area (Å²) in [4.78, 5) is 23.7. The zero-order valence-corrected chi connectivity index (χ0v) is 12.4. The Kier molecular flexibility index (Phi) is 4.94. The van der Waals surface area contributed by atoms with E-state index in [2.05, 4.69) is 5.32 Å². The Morgan fingerprint density at radius 2 is 1.56 bits per heavy atom. The molecule has 0 aliphatic heterocycles. The number of carboxylic acid groups (broad SMARTS) is 1. The molecule has 2 N–H and O–H groups in total. The fourth-order valence-corrected chi connectivity index (χ4v) is 1.69. The first kappa shape index (κ1) is 16.9. The second-order valence-electron chi connectivity index (χ2n) is 6.70. The molecular weight excluding hydrogens is 234 g/mol. The second kappa shape index (κ2) is 5.26. The first-order valence-electron chi connectivity index (χ1n) is 6.00. The van der Waals surface area contributed by atoms with Gasteiger partial charge in [0.2, 0.25) is 5.54 Å². The molecule has 0 heterocycles. The van der Waals surface area contributed by atoms with Crippen LogP contribution in [-0.2, 0) is 14.3 Å². The Balaban J connectivity index is 5.34. The third-order valence-electron chi connectivity index (χ3n) is 2.33. The first-order chi connectivity index (χ1) is 7.84. The number of likely N-dealkylation sites (N-methyl/N-ethyl adjacent to an activating group) is 1. The molecule has 0 amide bonds. The summed E-state index contributed by atoms with van der Waals surface area (Å²) in [6.45, 7) is 10.8. The molecule has 1 atom stereocenters. The van der Waals surface area contributed by atoms with Crippen molar-refractivity contribution in [3.8, 4) is 0 Å². The lowest BCUT2D eigenvalue weighted by molar-refractivity contribution is -0.172. The summed E-state index contributed by atoms with van der Waals surface area (Å²) in [5.41, 5.74) is -2.74. The van der Waals surface area contributed by atoms with Crippen LogP contribution in [0.1, 0.15) is 48.0 Å². The molecule has 0 saturated heterocycles. The molecular formula is C13H25NO4. The summed E-state index contributed by atoms with van der Waals surface area (Å²) in [5, 5.41) is 12.0. The van der Waals surface area contributed by atoms with Crippen LogP contribution < -0.4 is 5.32 Å². The number of hydrogen-bond donors (Lipinski definition) is 2. The highest BCUT2D eigenvalue weighted by molar-refractivity contribution is 6.04. The fraction of sp³-hybridized carbons (Fsp3) is 0.846. The minimum atomic E-state index is -1.70. The molecule has 0 aromatic rings. The van der Waals surface area contributed by atoms with Gasteiger partial charge in [0.1, 0.15) is 5.60 Å². The lowest BCUT2D eigenvalue weighted by Gasteiger charge is -2.35. The van der Waals surface area contributed by atoms with E-state index in [4.69, 9.17) is 4.74 Å². The van der Waals surface area contributed by atoms with Gasteiger partial charge < -0.3 is 9.84 Å². The molecule has 0 aromatic carbocycles. The molecule has 0 aliphatic rings. The van der Waals surface area contributed by atoms with Gasteiger partial charge >= 0.3 is 11.9 Å². The lowest BCUT2D eigenvalue weighted by Crippen LogP contribution is -2.60.